The van der Waals surface area contributed by atoms with Crippen LogP contribution in [0.1, 0.15) is 42.5 Å². The molecule has 29 heavy (non-hydrogen) atoms. The van der Waals surface area contributed by atoms with Crippen LogP contribution in [0.15, 0.2) is 36.7 Å². The first-order valence-corrected chi connectivity index (χ1v) is 9.54. The lowest BCUT2D eigenvalue weighted by Gasteiger charge is -2.16. The third-order valence-corrected chi connectivity index (χ3v) is 5.40. The number of carbonyl (C=O) groups excluding carboxylic acids is 1. The molecule has 0 bridgehead atoms. The van der Waals surface area contributed by atoms with Gasteiger partial charge in [0.15, 0.2) is 0 Å². The highest BCUT2D eigenvalue weighted by Gasteiger charge is 2.32. The van der Waals surface area contributed by atoms with E-state index in [4.69, 9.17) is 22.6 Å². The fourth-order valence-electron chi connectivity index (χ4n) is 3.81. The summed E-state index contributed by atoms with van der Waals surface area (Å²) in [7, 11) is 0. The maximum absolute atomic E-state index is 12.3. The van der Waals surface area contributed by atoms with Crippen LogP contribution < -0.4 is 5.73 Å². The summed E-state index contributed by atoms with van der Waals surface area (Å²) in [5.74, 6) is -1.49. The van der Waals surface area contributed by atoms with E-state index in [2.05, 4.69) is 28.9 Å². The van der Waals surface area contributed by atoms with Crippen LogP contribution in [0.2, 0.25) is 5.02 Å². The number of hydrogen-bond donors (Lipinski definition) is 1. The number of nitrogens with zero attached hydrogens (tertiary/aromatic N) is 5. The monoisotopic (exact) mass is 406 g/mol. The van der Waals surface area contributed by atoms with Crippen LogP contribution in [-0.2, 0) is 17.8 Å². The third kappa shape index (κ3) is 3.47. The number of rotatable bonds is 4. The number of fused-ring (bicyclic) bond motifs is 1. The quantitative estimate of drug-likeness (QED) is 0.715. The number of halogens is 1. The maximum Gasteiger partial charge on any atom is 0.232 e. The Balaban J connectivity index is 1.81. The number of pyridine rings is 2. The average molecular weight is 407 g/mol. The Morgan fingerprint density at radius 2 is 2.10 bits per heavy atom. The minimum atomic E-state index is -0.889. The molecule has 1 aliphatic heterocycles. The molecule has 3 aromatic rings. The van der Waals surface area contributed by atoms with Gasteiger partial charge in [0, 0.05) is 29.6 Å². The molecule has 0 radical (unpaired) electrons. The number of primary amides is 1. The lowest BCUT2D eigenvalue weighted by molar-refractivity contribution is -0.118. The van der Waals surface area contributed by atoms with Crippen molar-refractivity contribution in [3.05, 3.63) is 64.5 Å². The van der Waals surface area contributed by atoms with Gasteiger partial charge in [-0.3, -0.25) is 14.5 Å². The molecule has 0 saturated heterocycles. The molecule has 1 unspecified atom stereocenters. The zero-order valence-corrected chi connectivity index (χ0v) is 16.8. The number of nitriles is 1. The van der Waals surface area contributed by atoms with E-state index in [0.29, 0.717) is 16.4 Å². The second kappa shape index (κ2) is 6.98. The summed E-state index contributed by atoms with van der Waals surface area (Å²) in [4.78, 5) is 20.8. The summed E-state index contributed by atoms with van der Waals surface area (Å²) in [5, 5.41) is 14.1. The smallest absolute Gasteiger partial charge is 0.232 e. The maximum atomic E-state index is 12.3. The van der Waals surface area contributed by atoms with E-state index < -0.39 is 11.8 Å². The average Bonchev–Trinajstić information content (AvgIpc) is 3.18. The summed E-state index contributed by atoms with van der Waals surface area (Å²) >= 11 is 6.46. The van der Waals surface area contributed by atoms with Crippen LogP contribution in [-0.4, -0.2) is 25.7 Å². The van der Waals surface area contributed by atoms with Crippen molar-refractivity contribution in [2.45, 2.75) is 32.7 Å². The van der Waals surface area contributed by atoms with E-state index in [0.717, 1.165) is 29.8 Å². The predicted octanol–water partition coefficient (Wildman–Crippen LogP) is 3.06. The molecule has 0 spiro atoms. The Kier molecular flexibility index (Phi) is 4.59. The predicted molar refractivity (Wildman–Crippen MR) is 108 cm³/mol. The SMILES string of the molecule is CC1(C)Cc2c(-c3cc(C(C(N)=O)c4cccc(C#N)n4)ncc3Cl)cnn2C1. The molecule has 1 aliphatic rings. The van der Waals surface area contributed by atoms with Crippen LogP contribution in [0.25, 0.3) is 11.1 Å². The molecule has 8 heteroatoms. The van der Waals surface area contributed by atoms with Gasteiger partial charge in [-0.05, 0) is 30.0 Å². The van der Waals surface area contributed by atoms with Crippen LogP contribution in [0.3, 0.4) is 0 Å². The molecular weight excluding hydrogens is 388 g/mol. The van der Waals surface area contributed by atoms with Crippen molar-refractivity contribution in [1.82, 2.24) is 19.7 Å². The Bertz CT molecular complexity index is 1160. The van der Waals surface area contributed by atoms with Crippen molar-refractivity contribution in [3.8, 4) is 17.2 Å². The minimum Gasteiger partial charge on any atom is -0.369 e. The lowest BCUT2D eigenvalue weighted by atomic mass is 9.89. The van der Waals surface area contributed by atoms with Crippen molar-refractivity contribution < 1.29 is 4.79 Å². The minimum absolute atomic E-state index is 0.123. The Hall–Kier alpha value is -3.24. The first kappa shape index (κ1) is 19.1. The van der Waals surface area contributed by atoms with E-state index in [-0.39, 0.29) is 11.1 Å². The van der Waals surface area contributed by atoms with E-state index in [1.165, 1.54) is 6.20 Å². The molecule has 0 fully saturated rings. The van der Waals surface area contributed by atoms with Gasteiger partial charge in [-0.15, -0.1) is 0 Å². The van der Waals surface area contributed by atoms with Gasteiger partial charge >= 0.3 is 0 Å². The molecule has 3 aromatic heterocycles. The van der Waals surface area contributed by atoms with Crippen LogP contribution in [0.5, 0.6) is 0 Å². The molecule has 0 aliphatic carbocycles. The highest BCUT2D eigenvalue weighted by molar-refractivity contribution is 6.33. The van der Waals surface area contributed by atoms with E-state index in [1.54, 1.807) is 30.5 Å². The van der Waals surface area contributed by atoms with Crippen molar-refractivity contribution in [1.29, 1.82) is 5.26 Å². The number of aromatic nitrogens is 4. The van der Waals surface area contributed by atoms with Gasteiger partial charge in [0.05, 0.1) is 22.6 Å². The van der Waals surface area contributed by atoms with Crippen molar-refractivity contribution in [2.24, 2.45) is 11.1 Å². The highest BCUT2D eigenvalue weighted by atomic mass is 35.5. The molecule has 0 saturated carbocycles. The molecule has 146 valence electrons. The number of amides is 1. The van der Waals surface area contributed by atoms with Crippen LogP contribution in [0, 0.1) is 16.7 Å². The van der Waals surface area contributed by atoms with E-state index in [9.17, 15) is 4.79 Å². The van der Waals surface area contributed by atoms with Gasteiger partial charge in [0.25, 0.3) is 0 Å². The lowest BCUT2D eigenvalue weighted by Crippen LogP contribution is -2.24. The standard InChI is InChI=1S/C21H19ClN6O/c1-21(2)7-18-14(9-26-28(18)11-21)13-6-17(25-10-15(13)22)19(20(24)29)16-5-3-4-12(8-23)27-16/h3-6,9-10,19H,7,11H2,1-2H3,(H2,24,29). The van der Waals surface area contributed by atoms with Gasteiger partial charge in [-0.2, -0.15) is 10.4 Å². The normalized spacial score (nSPS) is 15.5. The van der Waals surface area contributed by atoms with Crippen molar-refractivity contribution in [3.63, 3.8) is 0 Å². The number of nitrogens with two attached hydrogens (primary N) is 1. The second-order valence-corrected chi connectivity index (χ2v) is 8.39. The molecule has 1 amide bonds. The fraction of sp³-hybridized carbons (Fsp3) is 0.286. The van der Waals surface area contributed by atoms with E-state index in [1.807, 2.05) is 10.8 Å². The largest absolute Gasteiger partial charge is 0.369 e. The highest BCUT2D eigenvalue weighted by Crippen LogP contribution is 2.39. The summed E-state index contributed by atoms with van der Waals surface area (Å²) < 4.78 is 2.00. The molecule has 4 heterocycles. The zero-order chi connectivity index (χ0) is 20.8. The van der Waals surface area contributed by atoms with Gasteiger partial charge < -0.3 is 5.73 Å². The molecule has 2 N–H and O–H groups in total. The third-order valence-electron chi connectivity index (χ3n) is 5.10. The summed E-state index contributed by atoms with van der Waals surface area (Å²) in [6.45, 7) is 5.23. The van der Waals surface area contributed by atoms with Crippen LogP contribution >= 0.6 is 11.6 Å². The van der Waals surface area contributed by atoms with Crippen LogP contribution in [0.4, 0.5) is 0 Å². The fourth-order valence-corrected chi connectivity index (χ4v) is 4.01. The summed E-state index contributed by atoms with van der Waals surface area (Å²) in [6, 6.07) is 8.64. The molecular formula is C21H19ClN6O. The number of hydrogen-bond acceptors (Lipinski definition) is 5. The summed E-state index contributed by atoms with van der Waals surface area (Å²) in [6.07, 6.45) is 4.19. The van der Waals surface area contributed by atoms with Gasteiger partial charge in [0.2, 0.25) is 5.91 Å². The van der Waals surface area contributed by atoms with Gasteiger partial charge in [-0.1, -0.05) is 31.5 Å². The van der Waals surface area contributed by atoms with E-state index >= 15 is 0 Å². The van der Waals surface area contributed by atoms with Gasteiger partial charge in [0.1, 0.15) is 17.7 Å². The van der Waals surface area contributed by atoms with Gasteiger partial charge in [-0.25, -0.2) is 4.98 Å². The molecule has 1 atom stereocenters. The molecule has 4 rings (SSSR count). The van der Waals surface area contributed by atoms with Crippen molar-refractivity contribution >= 4 is 17.5 Å². The second-order valence-electron chi connectivity index (χ2n) is 7.99. The zero-order valence-electron chi connectivity index (χ0n) is 16.1. The topological polar surface area (TPSA) is 110 Å². The summed E-state index contributed by atoms with van der Waals surface area (Å²) in [5.41, 5.74) is 9.58. The number of carbonyl (C=O) groups is 1. The molecule has 0 aromatic carbocycles. The first-order valence-electron chi connectivity index (χ1n) is 9.16. The van der Waals surface area contributed by atoms with Crippen molar-refractivity contribution in [2.75, 3.05) is 0 Å². The Morgan fingerprint density at radius 1 is 1.31 bits per heavy atom. The Labute approximate surface area is 173 Å². The first-order chi connectivity index (χ1) is 13.8. The molecule has 7 nitrogen and oxygen atoms in total. The Morgan fingerprint density at radius 3 is 2.83 bits per heavy atom.